The number of carbonyl (C=O) groups excluding carboxylic acids is 1. The van der Waals surface area contributed by atoms with E-state index < -0.39 is 0 Å². The highest BCUT2D eigenvalue weighted by molar-refractivity contribution is 7.98. The minimum Gasteiger partial charge on any atom is -0.491 e. The Balaban J connectivity index is 1.81. The largest absolute Gasteiger partial charge is 0.491 e. The van der Waals surface area contributed by atoms with E-state index in [0.717, 1.165) is 27.4 Å². The van der Waals surface area contributed by atoms with Gasteiger partial charge in [-0.05, 0) is 50.1 Å². The Bertz CT molecular complexity index is 1100. The van der Waals surface area contributed by atoms with E-state index in [1.54, 1.807) is 28.6 Å². The van der Waals surface area contributed by atoms with Gasteiger partial charge in [0, 0.05) is 28.1 Å². The Kier molecular flexibility index (Phi) is 7.00. The monoisotopic (exact) mass is 422 g/mol. The molecule has 0 spiro atoms. The Hall–Kier alpha value is -2.99. The van der Waals surface area contributed by atoms with Crippen molar-refractivity contribution in [1.82, 2.24) is 4.57 Å². The van der Waals surface area contributed by atoms with Crippen LogP contribution in [0, 0.1) is 20.8 Å². The number of carbonyl (C=O) groups is 1. The summed E-state index contributed by atoms with van der Waals surface area (Å²) in [6, 6.07) is 15.6. The minimum absolute atomic E-state index is 0.0911. The van der Waals surface area contributed by atoms with Crippen molar-refractivity contribution >= 4 is 23.4 Å². The van der Waals surface area contributed by atoms with Crippen molar-refractivity contribution in [3.63, 3.8) is 0 Å². The molecule has 0 aliphatic heterocycles. The van der Waals surface area contributed by atoms with Gasteiger partial charge in [-0.2, -0.15) is 0 Å². The number of hydrogen-bond donors (Lipinski definition) is 1. The molecule has 0 bridgehead atoms. The smallest absolute Gasteiger partial charge is 0.244 e. The van der Waals surface area contributed by atoms with Gasteiger partial charge in [-0.15, -0.1) is 11.8 Å². The second-order valence-electron chi connectivity index (χ2n) is 7.22. The Morgan fingerprint density at radius 1 is 1.10 bits per heavy atom. The summed E-state index contributed by atoms with van der Waals surface area (Å²) in [6.45, 7) is 6.13. The topological polar surface area (TPSA) is 60.3 Å². The molecule has 0 saturated carbocycles. The van der Waals surface area contributed by atoms with Crippen molar-refractivity contribution in [2.24, 2.45) is 0 Å². The van der Waals surface area contributed by atoms with E-state index in [1.165, 1.54) is 12.7 Å². The number of amides is 1. The molecule has 0 aliphatic rings. The predicted molar refractivity (Wildman–Crippen MR) is 123 cm³/mol. The summed E-state index contributed by atoms with van der Waals surface area (Å²) in [5.41, 5.74) is 4.73. The molecule has 3 aromatic rings. The normalized spacial score (nSPS) is 10.7. The molecule has 1 amide bonds. The fourth-order valence-electron chi connectivity index (χ4n) is 3.04. The van der Waals surface area contributed by atoms with E-state index in [0.29, 0.717) is 5.75 Å². The summed E-state index contributed by atoms with van der Waals surface area (Å²) < 4.78 is 6.96. The van der Waals surface area contributed by atoms with Crippen LogP contribution >= 0.6 is 11.8 Å². The summed E-state index contributed by atoms with van der Waals surface area (Å²) in [7, 11) is 1.46. The van der Waals surface area contributed by atoms with Gasteiger partial charge in [-0.3, -0.25) is 9.59 Å². The first-order chi connectivity index (χ1) is 14.4. The van der Waals surface area contributed by atoms with Crippen LogP contribution in [-0.2, 0) is 17.1 Å². The van der Waals surface area contributed by atoms with Crippen molar-refractivity contribution in [2.75, 3.05) is 12.4 Å². The summed E-state index contributed by atoms with van der Waals surface area (Å²) in [4.78, 5) is 26.1. The predicted octanol–water partition coefficient (Wildman–Crippen LogP) is 4.71. The maximum Gasteiger partial charge on any atom is 0.244 e. The van der Waals surface area contributed by atoms with Crippen LogP contribution in [0.1, 0.15) is 22.4 Å². The maximum absolute atomic E-state index is 12.7. The Morgan fingerprint density at radius 3 is 2.53 bits per heavy atom. The number of pyridine rings is 1. The van der Waals surface area contributed by atoms with Gasteiger partial charge in [-0.25, -0.2) is 0 Å². The quantitative estimate of drug-likeness (QED) is 0.560. The molecule has 0 aliphatic carbocycles. The molecule has 0 saturated heterocycles. The molecular formula is C24H26N2O3S. The van der Waals surface area contributed by atoms with Crippen LogP contribution < -0.4 is 15.5 Å². The number of methoxy groups -OCH3 is 1. The lowest BCUT2D eigenvalue weighted by atomic mass is 10.1. The lowest BCUT2D eigenvalue weighted by Crippen LogP contribution is -2.23. The van der Waals surface area contributed by atoms with Gasteiger partial charge in [-0.1, -0.05) is 29.8 Å². The highest BCUT2D eigenvalue weighted by Crippen LogP contribution is 2.24. The van der Waals surface area contributed by atoms with Gasteiger partial charge < -0.3 is 14.6 Å². The summed E-state index contributed by atoms with van der Waals surface area (Å²) >= 11 is 1.62. The number of nitrogens with one attached hydrogen (secondary N) is 1. The summed E-state index contributed by atoms with van der Waals surface area (Å²) in [5, 5.41) is 2.97. The molecule has 3 rings (SSSR count). The summed E-state index contributed by atoms with van der Waals surface area (Å²) in [5.74, 6) is 0.633. The number of anilines is 1. The van der Waals surface area contributed by atoms with Gasteiger partial charge in [0.25, 0.3) is 0 Å². The maximum atomic E-state index is 12.7. The number of benzene rings is 2. The molecule has 1 N–H and O–H groups in total. The van der Waals surface area contributed by atoms with Crippen LogP contribution in [0.3, 0.4) is 0 Å². The second-order valence-corrected chi connectivity index (χ2v) is 8.27. The molecule has 1 heterocycles. The first-order valence-electron chi connectivity index (χ1n) is 9.70. The van der Waals surface area contributed by atoms with Crippen molar-refractivity contribution < 1.29 is 9.53 Å². The molecular weight excluding hydrogens is 396 g/mol. The fourth-order valence-corrected chi connectivity index (χ4v) is 3.93. The van der Waals surface area contributed by atoms with E-state index >= 15 is 0 Å². The molecule has 6 heteroatoms. The van der Waals surface area contributed by atoms with Gasteiger partial charge >= 0.3 is 0 Å². The van der Waals surface area contributed by atoms with E-state index in [2.05, 4.69) is 29.6 Å². The zero-order valence-electron chi connectivity index (χ0n) is 17.7. The number of rotatable bonds is 7. The SMILES string of the molecule is COc1cn(CC(=O)Nc2cccc(C)c2C)c(CSc2ccc(C)cc2)cc1=O. The number of hydrogen-bond acceptors (Lipinski definition) is 4. The Labute approximate surface area is 181 Å². The van der Waals surface area contributed by atoms with Gasteiger partial charge in [0.1, 0.15) is 6.54 Å². The molecule has 0 atom stereocenters. The van der Waals surface area contributed by atoms with Crippen LogP contribution in [0.15, 0.2) is 64.4 Å². The van der Waals surface area contributed by atoms with Crippen molar-refractivity contribution in [3.8, 4) is 5.75 Å². The average molecular weight is 423 g/mol. The average Bonchev–Trinajstić information content (AvgIpc) is 2.72. The first-order valence-corrected chi connectivity index (χ1v) is 10.7. The van der Waals surface area contributed by atoms with Crippen molar-refractivity contribution in [1.29, 1.82) is 0 Å². The second kappa shape index (κ2) is 9.67. The molecule has 30 heavy (non-hydrogen) atoms. The minimum atomic E-state index is -0.191. The standard InChI is InChI=1S/C24H26N2O3S/c1-16-8-10-20(11-9-16)30-15-19-12-22(27)23(29-4)13-26(19)14-24(28)25-21-7-5-6-17(2)18(21)3/h5-13H,14-15H2,1-4H3,(H,25,28). The zero-order valence-corrected chi connectivity index (χ0v) is 18.5. The molecule has 0 unspecified atom stereocenters. The van der Waals surface area contributed by atoms with Crippen LogP contribution in [0.4, 0.5) is 5.69 Å². The number of aryl methyl sites for hydroxylation is 2. The highest BCUT2D eigenvalue weighted by atomic mass is 32.2. The third kappa shape index (κ3) is 5.33. The molecule has 1 aromatic heterocycles. The van der Waals surface area contributed by atoms with Gasteiger partial charge in [0.2, 0.25) is 11.3 Å². The summed E-state index contributed by atoms with van der Waals surface area (Å²) in [6.07, 6.45) is 1.61. The molecule has 0 radical (unpaired) electrons. The fraction of sp³-hybridized carbons (Fsp3) is 0.250. The van der Waals surface area contributed by atoms with Crippen molar-refractivity contribution in [2.45, 2.75) is 38.0 Å². The van der Waals surface area contributed by atoms with E-state index in [4.69, 9.17) is 4.74 Å². The third-order valence-electron chi connectivity index (χ3n) is 5.00. The lowest BCUT2D eigenvalue weighted by molar-refractivity contribution is -0.116. The van der Waals surface area contributed by atoms with Crippen molar-refractivity contribution in [3.05, 3.63) is 87.3 Å². The van der Waals surface area contributed by atoms with Gasteiger partial charge in [0.15, 0.2) is 5.75 Å². The molecule has 2 aromatic carbocycles. The molecule has 5 nitrogen and oxygen atoms in total. The molecule has 0 fully saturated rings. The number of thioether (sulfide) groups is 1. The van der Waals surface area contributed by atoms with Crippen LogP contribution in [0.2, 0.25) is 0 Å². The lowest BCUT2D eigenvalue weighted by Gasteiger charge is -2.16. The third-order valence-corrected chi connectivity index (χ3v) is 6.05. The van der Waals surface area contributed by atoms with E-state index in [1.807, 2.05) is 39.0 Å². The molecule has 156 valence electrons. The number of ether oxygens (including phenoxy) is 1. The number of aromatic nitrogens is 1. The Morgan fingerprint density at radius 2 is 1.83 bits per heavy atom. The van der Waals surface area contributed by atoms with Crippen LogP contribution in [0.5, 0.6) is 5.75 Å². The van der Waals surface area contributed by atoms with Gasteiger partial charge in [0.05, 0.1) is 13.3 Å². The highest BCUT2D eigenvalue weighted by Gasteiger charge is 2.12. The number of nitrogens with zero attached hydrogens (tertiary/aromatic N) is 1. The van der Waals surface area contributed by atoms with Crippen LogP contribution in [-0.4, -0.2) is 17.6 Å². The zero-order chi connectivity index (χ0) is 21.7. The first kappa shape index (κ1) is 21.7. The van der Waals surface area contributed by atoms with Crippen LogP contribution in [0.25, 0.3) is 0 Å². The van der Waals surface area contributed by atoms with E-state index in [9.17, 15) is 9.59 Å². The van der Waals surface area contributed by atoms with E-state index in [-0.39, 0.29) is 23.6 Å².